The number of nitrogens with zero attached hydrogens (tertiary/aromatic N) is 1. The molecular weight excluding hydrogens is 506 g/mol. The number of ether oxygens (including phenoxy) is 2. The topological polar surface area (TPSA) is 79.9 Å². The van der Waals surface area contributed by atoms with Crippen molar-refractivity contribution in [3.05, 3.63) is 59.4 Å². The van der Waals surface area contributed by atoms with Gasteiger partial charge in [0.2, 0.25) is 5.91 Å². The van der Waals surface area contributed by atoms with Crippen LogP contribution < -0.4 is 20.1 Å². The Morgan fingerprint density at radius 3 is 2.21 bits per heavy atom. The van der Waals surface area contributed by atoms with Crippen molar-refractivity contribution in [3.8, 4) is 11.5 Å². The molecule has 0 spiro atoms. The van der Waals surface area contributed by atoms with Crippen molar-refractivity contribution in [2.45, 2.75) is 58.1 Å². The van der Waals surface area contributed by atoms with Gasteiger partial charge in [0.1, 0.15) is 23.4 Å². The standard InChI is InChI=1S/C27H33F4N3O4/c1-17(2)23(33-24(35)21-15-20(9-10-22(21)28)38-27(29,30)31)25(36)34-13-11-26(3,12-14-34)32-16-18-5-7-19(37-4)8-6-18/h5-10,15,17,23,32H,11-14,16H2,1-4H3,(H,33,35)/t23-/m1/s1. The van der Waals surface area contributed by atoms with Crippen LogP contribution in [0.5, 0.6) is 11.5 Å². The lowest BCUT2D eigenvalue weighted by Gasteiger charge is -2.41. The highest BCUT2D eigenvalue weighted by atomic mass is 19.4. The quantitative estimate of drug-likeness (QED) is 0.454. The monoisotopic (exact) mass is 539 g/mol. The van der Waals surface area contributed by atoms with E-state index in [-0.39, 0.29) is 17.4 Å². The second-order valence-corrected chi connectivity index (χ2v) is 9.97. The molecule has 0 aromatic heterocycles. The first-order valence-electron chi connectivity index (χ1n) is 12.3. The van der Waals surface area contributed by atoms with E-state index in [0.717, 1.165) is 17.4 Å². The summed E-state index contributed by atoms with van der Waals surface area (Å²) in [5.74, 6) is -2.63. The number of hydrogen-bond acceptors (Lipinski definition) is 5. The van der Waals surface area contributed by atoms with Gasteiger partial charge >= 0.3 is 6.36 Å². The molecule has 7 nitrogen and oxygen atoms in total. The molecule has 11 heteroatoms. The molecule has 1 atom stereocenters. The predicted molar refractivity (Wildman–Crippen MR) is 133 cm³/mol. The Hall–Kier alpha value is -3.34. The van der Waals surface area contributed by atoms with Gasteiger partial charge in [-0.2, -0.15) is 0 Å². The molecule has 0 unspecified atom stereocenters. The molecule has 208 valence electrons. The summed E-state index contributed by atoms with van der Waals surface area (Å²) in [7, 11) is 1.61. The third kappa shape index (κ3) is 7.83. The van der Waals surface area contributed by atoms with E-state index < -0.39 is 35.4 Å². The van der Waals surface area contributed by atoms with Gasteiger partial charge in [0.25, 0.3) is 5.91 Å². The lowest BCUT2D eigenvalue weighted by atomic mass is 9.88. The number of piperidine rings is 1. The highest BCUT2D eigenvalue weighted by Gasteiger charge is 2.36. The minimum atomic E-state index is -4.99. The Kier molecular flexibility index (Phi) is 9.24. The molecule has 0 radical (unpaired) electrons. The Balaban J connectivity index is 1.61. The lowest BCUT2D eigenvalue weighted by molar-refractivity contribution is -0.274. The zero-order valence-electron chi connectivity index (χ0n) is 21.8. The number of nitrogens with one attached hydrogen (secondary N) is 2. The number of rotatable bonds is 9. The number of likely N-dealkylation sites (tertiary alicyclic amines) is 1. The van der Waals surface area contributed by atoms with E-state index >= 15 is 0 Å². The summed E-state index contributed by atoms with van der Waals surface area (Å²) in [6.45, 7) is 7.11. The first kappa shape index (κ1) is 29.2. The van der Waals surface area contributed by atoms with E-state index in [4.69, 9.17) is 4.74 Å². The largest absolute Gasteiger partial charge is 0.573 e. The Labute approximate surface area is 219 Å². The number of hydrogen-bond donors (Lipinski definition) is 2. The highest BCUT2D eigenvalue weighted by Crippen LogP contribution is 2.26. The third-order valence-electron chi connectivity index (χ3n) is 6.69. The molecule has 38 heavy (non-hydrogen) atoms. The van der Waals surface area contributed by atoms with Gasteiger partial charge in [-0.3, -0.25) is 9.59 Å². The van der Waals surface area contributed by atoms with Gasteiger partial charge in [0.05, 0.1) is 12.7 Å². The maximum atomic E-state index is 14.3. The average Bonchev–Trinajstić information content (AvgIpc) is 2.86. The molecule has 2 amide bonds. The van der Waals surface area contributed by atoms with Crippen molar-refractivity contribution in [2.75, 3.05) is 20.2 Å². The molecule has 1 aliphatic rings. The number of methoxy groups -OCH3 is 1. The van der Waals surface area contributed by atoms with Crippen LogP contribution in [0.15, 0.2) is 42.5 Å². The fourth-order valence-corrected chi connectivity index (χ4v) is 4.26. The Morgan fingerprint density at radius 1 is 1.05 bits per heavy atom. The zero-order chi connectivity index (χ0) is 28.1. The molecule has 1 heterocycles. The minimum absolute atomic E-state index is 0.199. The number of halogens is 4. The van der Waals surface area contributed by atoms with Crippen molar-refractivity contribution in [1.29, 1.82) is 0 Å². The molecule has 3 rings (SSSR count). The Bertz CT molecular complexity index is 1110. The first-order chi connectivity index (χ1) is 17.8. The molecule has 2 aromatic carbocycles. The van der Waals surface area contributed by atoms with Crippen molar-refractivity contribution in [1.82, 2.24) is 15.5 Å². The zero-order valence-corrected chi connectivity index (χ0v) is 21.8. The molecule has 2 N–H and O–H groups in total. The smallest absolute Gasteiger partial charge is 0.497 e. The molecule has 0 saturated carbocycles. The van der Waals surface area contributed by atoms with Gasteiger partial charge in [-0.15, -0.1) is 13.2 Å². The van der Waals surface area contributed by atoms with Crippen LogP contribution >= 0.6 is 0 Å². The number of benzene rings is 2. The molecule has 0 aliphatic carbocycles. The van der Waals surface area contributed by atoms with Gasteiger partial charge < -0.3 is 25.0 Å². The van der Waals surface area contributed by atoms with E-state index in [1.807, 2.05) is 24.3 Å². The van der Waals surface area contributed by atoms with Crippen LogP contribution in [0.2, 0.25) is 0 Å². The summed E-state index contributed by atoms with van der Waals surface area (Å²) >= 11 is 0. The van der Waals surface area contributed by atoms with E-state index in [2.05, 4.69) is 22.3 Å². The lowest BCUT2D eigenvalue weighted by Crippen LogP contribution is -2.57. The van der Waals surface area contributed by atoms with Crippen LogP contribution in [0.25, 0.3) is 0 Å². The van der Waals surface area contributed by atoms with Crippen LogP contribution in [-0.2, 0) is 11.3 Å². The number of alkyl halides is 3. The SMILES string of the molecule is COc1ccc(CNC2(C)CCN(C(=O)[C@H](NC(=O)c3cc(OC(F)(F)F)ccc3F)C(C)C)CC2)cc1. The summed E-state index contributed by atoms with van der Waals surface area (Å²) in [5.41, 5.74) is 0.263. The molecule has 2 aromatic rings. The van der Waals surface area contributed by atoms with Crippen LogP contribution in [-0.4, -0.2) is 54.9 Å². The third-order valence-corrected chi connectivity index (χ3v) is 6.69. The predicted octanol–water partition coefficient (Wildman–Crippen LogP) is 4.66. The van der Waals surface area contributed by atoms with Crippen molar-refractivity contribution in [2.24, 2.45) is 5.92 Å². The number of carbonyl (C=O) groups excluding carboxylic acids is 2. The number of amides is 2. The number of carbonyl (C=O) groups is 2. The van der Waals surface area contributed by atoms with E-state index in [0.29, 0.717) is 44.6 Å². The summed E-state index contributed by atoms with van der Waals surface area (Å²) < 4.78 is 60.9. The average molecular weight is 540 g/mol. The van der Waals surface area contributed by atoms with Gasteiger partial charge in [-0.25, -0.2) is 4.39 Å². The fraction of sp³-hybridized carbons (Fsp3) is 0.481. The van der Waals surface area contributed by atoms with E-state index in [1.165, 1.54) is 0 Å². The minimum Gasteiger partial charge on any atom is -0.497 e. The van der Waals surface area contributed by atoms with Crippen LogP contribution in [0.4, 0.5) is 17.6 Å². The van der Waals surface area contributed by atoms with Gasteiger partial charge in [0, 0.05) is 25.2 Å². The van der Waals surface area contributed by atoms with Crippen molar-refractivity contribution < 1.29 is 36.6 Å². The molecule has 1 fully saturated rings. The maximum Gasteiger partial charge on any atom is 0.573 e. The van der Waals surface area contributed by atoms with E-state index in [1.54, 1.807) is 25.9 Å². The van der Waals surface area contributed by atoms with Gasteiger partial charge in [-0.1, -0.05) is 26.0 Å². The van der Waals surface area contributed by atoms with Crippen molar-refractivity contribution in [3.63, 3.8) is 0 Å². The molecular formula is C27H33F4N3O4. The van der Waals surface area contributed by atoms with Crippen LogP contribution in [0.3, 0.4) is 0 Å². The van der Waals surface area contributed by atoms with Crippen molar-refractivity contribution >= 4 is 11.8 Å². The van der Waals surface area contributed by atoms with Gasteiger partial charge in [-0.05, 0) is 61.6 Å². The van der Waals surface area contributed by atoms with E-state index in [9.17, 15) is 27.2 Å². The fourth-order valence-electron chi connectivity index (χ4n) is 4.26. The summed E-state index contributed by atoms with van der Waals surface area (Å²) in [6, 6.07) is 8.94. The summed E-state index contributed by atoms with van der Waals surface area (Å²) in [5, 5.41) is 6.07. The highest BCUT2D eigenvalue weighted by molar-refractivity contribution is 5.98. The Morgan fingerprint density at radius 2 is 1.66 bits per heavy atom. The second-order valence-electron chi connectivity index (χ2n) is 9.97. The second kappa shape index (κ2) is 12.0. The normalized spacial score (nSPS) is 16.2. The van der Waals surface area contributed by atoms with Gasteiger partial charge in [0.15, 0.2) is 0 Å². The molecule has 1 saturated heterocycles. The molecule has 1 aliphatic heterocycles. The maximum absolute atomic E-state index is 14.3. The van der Waals surface area contributed by atoms with Crippen LogP contribution in [0.1, 0.15) is 49.5 Å². The van der Waals surface area contributed by atoms with Crippen LogP contribution in [0, 0.1) is 11.7 Å². The molecule has 0 bridgehead atoms. The summed E-state index contributed by atoms with van der Waals surface area (Å²) in [6.07, 6.45) is -3.63. The first-order valence-corrected chi connectivity index (χ1v) is 12.3. The summed E-state index contributed by atoms with van der Waals surface area (Å²) in [4.78, 5) is 27.7.